The van der Waals surface area contributed by atoms with E-state index in [9.17, 15) is 14.4 Å². The molecule has 0 spiro atoms. The van der Waals surface area contributed by atoms with Crippen LogP contribution in [0.4, 0.5) is 0 Å². The molecule has 2 aromatic heterocycles. The van der Waals surface area contributed by atoms with Crippen LogP contribution >= 0.6 is 11.3 Å². The van der Waals surface area contributed by atoms with E-state index in [0.29, 0.717) is 15.9 Å². The highest BCUT2D eigenvalue weighted by molar-refractivity contribution is 7.19. The highest BCUT2D eigenvalue weighted by atomic mass is 32.1. The molecule has 162 valence electrons. The van der Waals surface area contributed by atoms with E-state index in [-0.39, 0.29) is 24.1 Å². The van der Waals surface area contributed by atoms with Gasteiger partial charge in [-0.1, -0.05) is 25.1 Å². The van der Waals surface area contributed by atoms with Gasteiger partial charge in [0.15, 0.2) is 0 Å². The number of hydrogen-bond acceptors (Lipinski definition) is 4. The zero-order valence-corrected chi connectivity index (χ0v) is 18.6. The molecule has 0 bridgehead atoms. The smallest absolute Gasteiger partial charge is 0.337 e. The van der Waals surface area contributed by atoms with Crippen molar-refractivity contribution in [1.82, 2.24) is 14.0 Å². The minimum Gasteiger partial charge on any atom is -0.338 e. The molecule has 1 amide bonds. The first-order valence-electron chi connectivity index (χ1n) is 11.2. The van der Waals surface area contributed by atoms with E-state index in [4.69, 9.17) is 0 Å². The van der Waals surface area contributed by atoms with Gasteiger partial charge in [0.05, 0.1) is 11.1 Å². The molecule has 0 unspecified atom stereocenters. The van der Waals surface area contributed by atoms with Crippen LogP contribution in [0.25, 0.3) is 15.9 Å². The van der Waals surface area contributed by atoms with Crippen LogP contribution in [0.2, 0.25) is 0 Å². The van der Waals surface area contributed by atoms with Gasteiger partial charge in [0.25, 0.3) is 5.56 Å². The van der Waals surface area contributed by atoms with Crippen molar-refractivity contribution in [1.29, 1.82) is 0 Å². The second-order valence-corrected chi connectivity index (χ2v) is 9.61. The normalized spacial score (nSPS) is 18.5. The fourth-order valence-electron chi connectivity index (χ4n) is 5.13. The van der Waals surface area contributed by atoms with Gasteiger partial charge in [-0.15, -0.1) is 11.3 Å². The quantitative estimate of drug-likeness (QED) is 0.628. The van der Waals surface area contributed by atoms with Crippen molar-refractivity contribution >= 4 is 27.5 Å². The van der Waals surface area contributed by atoms with Crippen LogP contribution in [0.15, 0.2) is 39.9 Å². The van der Waals surface area contributed by atoms with Crippen molar-refractivity contribution in [2.24, 2.45) is 0 Å². The van der Waals surface area contributed by atoms with Gasteiger partial charge in [-0.2, -0.15) is 0 Å². The predicted octanol–water partition coefficient (Wildman–Crippen LogP) is 3.49. The molecule has 7 heteroatoms. The number of hydrogen-bond donors (Lipinski definition) is 0. The van der Waals surface area contributed by atoms with Crippen LogP contribution in [-0.2, 0) is 24.2 Å². The highest BCUT2D eigenvalue weighted by Gasteiger charge is 2.29. The third kappa shape index (κ3) is 3.35. The molecule has 0 radical (unpaired) electrons. The Morgan fingerprint density at radius 1 is 1.10 bits per heavy atom. The number of piperidine rings is 1. The number of aromatic nitrogens is 2. The van der Waals surface area contributed by atoms with Crippen LogP contribution in [0.3, 0.4) is 0 Å². The summed E-state index contributed by atoms with van der Waals surface area (Å²) in [6, 6.07) is 9.27. The van der Waals surface area contributed by atoms with Crippen LogP contribution in [-0.4, -0.2) is 32.5 Å². The van der Waals surface area contributed by atoms with E-state index in [1.807, 2.05) is 23.1 Å². The summed E-state index contributed by atoms with van der Waals surface area (Å²) in [4.78, 5) is 44.1. The van der Waals surface area contributed by atoms with Gasteiger partial charge >= 0.3 is 5.69 Å². The van der Waals surface area contributed by atoms with E-state index in [0.717, 1.165) is 57.1 Å². The number of fused-ring (bicyclic) bond motifs is 3. The van der Waals surface area contributed by atoms with Crippen molar-refractivity contribution in [3.05, 3.63) is 61.6 Å². The summed E-state index contributed by atoms with van der Waals surface area (Å²) in [6.45, 7) is 2.84. The molecular weight excluding hydrogens is 410 g/mol. The first-order chi connectivity index (χ1) is 15.1. The molecule has 1 fully saturated rings. The third-order valence-corrected chi connectivity index (χ3v) is 8.03. The van der Waals surface area contributed by atoms with Gasteiger partial charge in [-0.05, 0) is 62.6 Å². The van der Waals surface area contributed by atoms with E-state index in [1.165, 1.54) is 20.8 Å². The minimum atomic E-state index is -0.429. The Balaban J connectivity index is 1.68. The van der Waals surface area contributed by atoms with Crippen LogP contribution in [0.1, 0.15) is 49.5 Å². The number of benzene rings is 1. The maximum atomic E-state index is 13.6. The molecule has 0 N–H and O–H groups in total. The highest BCUT2D eigenvalue weighted by Crippen LogP contribution is 2.35. The molecule has 6 nitrogen and oxygen atoms in total. The summed E-state index contributed by atoms with van der Waals surface area (Å²) in [5.41, 5.74) is 0.920. The monoisotopic (exact) mass is 437 g/mol. The van der Waals surface area contributed by atoms with E-state index in [1.54, 1.807) is 16.7 Å². The number of likely N-dealkylation sites (tertiary alicyclic amines) is 1. The largest absolute Gasteiger partial charge is 0.338 e. The summed E-state index contributed by atoms with van der Waals surface area (Å²) in [5.74, 6) is -0.0261. The molecule has 1 atom stereocenters. The summed E-state index contributed by atoms with van der Waals surface area (Å²) >= 11 is 1.52. The lowest BCUT2D eigenvalue weighted by atomic mass is 10.00. The molecule has 31 heavy (non-hydrogen) atoms. The Morgan fingerprint density at radius 3 is 2.68 bits per heavy atom. The van der Waals surface area contributed by atoms with Crippen LogP contribution in [0.5, 0.6) is 0 Å². The van der Waals surface area contributed by atoms with E-state index < -0.39 is 5.69 Å². The maximum Gasteiger partial charge on any atom is 0.337 e. The molecular formula is C24H27N3O3S. The minimum absolute atomic E-state index is 0.0155. The Morgan fingerprint density at radius 2 is 1.90 bits per heavy atom. The first-order valence-corrected chi connectivity index (χ1v) is 12.1. The third-order valence-electron chi connectivity index (χ3n) is 6.71. The Labute approximate surface area is 184 Å². The maximum absolute atomic E-state index is 13.6. The average Bonchev–Trinajstić information content (AvgIpc) is 3.38. The van der Waals surface area contributed by atoms with E-state index in [2.05, 4.69) is 6.92 Å². The average molecular weight is 438 g/mol. The van der Waals surface area contributed by atoms with Crippen LogP contribution in [0, 0.1) is 0 Å². The standard InChI is InChI=1S/C24H27N3O3S/c1-2-16-9-6-7-14-25(16)20(28)15-26-23-21(18-12-8-13-19(18)31-23)22(29)27(24(26)30)17-10-4-3-5-11-17/h3-5,10-11,16H,2,6-9,12-15H2,1H3/t16-/m1/s1. The number of carbonyl (C=O) groups is 1. The second kappa shape index (κ2) is 8.11. The summed E-state index contributed by atoms with van der Waals surface area (Å²) in [5, 5.41) is 0.624. The molecule has 5 rings (SSSR count). The van der Waals surface area contributed by atoms with Crippen LogP contribution < -0.4 is 11.2 Å². The number of amides is 1. The summed E-state index contributed by atoms with van der Waals surface area (Å²) < 4.78 is 2.80. The fourth-order valence-corrected chi connectivity index (χ4v) is 6.50. The molecule has 3 heterocycles. The molecule has 1 saturated heterocycles. The van der Waals surface area contributed by atoms with Crippen molar-refractivity contribution in [2.45, 2.75) is 64.5 Å². The number of rotatable bonds is 4. The molecule has 3 aromatic rings. The van der Waals surface area contributed by atoms with Crippen molar-refractivity contribution in [3.8, 4) is 5.69 Å². The molecule has 1 aliphatic heterocycles. The second-order valence-electron chi connectivity index (χ2n) is 8.53. The predicted molar refractivity (Wildman–Crippen MR) is 123 cm³/mol. The zero-order valence-electron chi connectivity index (χ0n) is 17.8. The lowest BCUT2D eigenvalue weighted by Crippen LogP contribution is -2.47. The molecule has 1 aliphatic carbocycles. The van der Waals surface area contributed by atoms with Crippen molar-refractivity contribution < 1.29 is 4.79 Å². The summed E-state index contributed by atoms with van der Waals surface area (Å²) in [6.07, 6.45) is 6.91. The number of aryl methyl sites for hydroxylation is 2. The van der Waals surface area contributed by atoms with Gasteiger partial charge in [-0.25, -0.2) is 9.36 Å². The fraction of sp³-hybridized carbons (Fsp3) is 0.458. The zero-order chi connectivity index (χ0) is 21.5. The number of para-hydroxylation sites is 1. The SMILES string of the molecule is CC[C@@H]1CCCCN1C(=O)Cn1c(=O)n(-c2ccccc2)c(=O)c2c3c(sc21)CCC3. The number of thiophene rings is 1. The lowest BCUT2D eigenvalue weighted by molar-refractivity contribution is -0.135. The van der Waals surface area contributed by atoms with Gasteiger partial charge < -0.3 is 4.90 Å². The van der Waals surface area contributed by atoms with Crippen molar-refractivity contribution in [2.75, 3.05) is 6.54 Å². The Kier molecular flexibility index (Phi) is 5.30. The molecule has 0 saturated carbocycles. The van der Waals surface area contributed by atoms with Gasteiger partial charge in [0.2, 0.25) is 5.91 Å². The Bertz CT molecular complexity index is 1260. The Hall–Kier alpha value is -2.67. The molecule has 1 aromatic carbocycles. The number of nitrogens with zero attached hydrogens (tertiary/aromatic N) is 3. The van der Waals surface area contributed by atoms with E-state index >= 15 is 0 Å². The van der Waals surface area contributed by atoms with Gasteiger partial charge in [0.1, 0.15) is 11.4 Å². The topological polar surface area (TPSA) is 64.3 Å². The van der Waals surface area contributed by atoms with Crippen molar-refractivity contribution in [3.63, 3.8) is 0 Å². The lowest BCUT2D eigenvalue weighted by Gasteiger charge is -2.35. The van der Waals surface area contributed by atoms with Gasteiger partial charge in [0, 0.05) is 17.5 Å². The number of carbonyl (C=O) groups excluding carboxylic acids is 1. The molecule has 2 aliphatic rings. The van der Waals surface area contributed by atoms with Gasteiger partial charge in [-0.3, -0.25) is 14.2 Å². The first kappa shape index (κ1) is 20.2. The summed E-state index contributed by atoms with van der Waals surface area (Å²) in [7, 11) is 0.